The quantitative estimate of drug-likeness (QED) is 0.846. The van der Waals surface area contributed by atoms with Crippen LogP contribution in [0, 0.1) is 0 Å². The Morgan fingerprint density at radius 1 is 1.16 bits per heavy atom. The van der Waals surface area contributed by atoms with Gasteiger partial charge in [-0.1, -0.05) is 23.7 Å². The van der Waals surface area contributed by atoms with E-state index < -0.39 is 0 Å². The Hall–Kier alpha value is -2.00. The van der Waals surface area contributed by atoms with E-state index in [-0.39, 0.29) is 5.78 Å². The number of carbonyl (C=O) groups is 1. The van der Waals surface area contributed by atoms with E-state index >= 15 is 0 Å². The highest BCUT2D eigenvalue weighted by Gasteiger charge is 2.08. The molecule has 1 N–H and O–H groups in total. The number of benzene rings is 2. The molecule has 0 aliphatic heterocycles. The Bertz CT molecular complexity index is 611. The lowest BCUT2D eigenvalue weighted by Gasteiger charge is -2.12. The minimum absolute atomic E-state index is 0.000238. The van der Waals surface area contributed by atoms with Gasteiger partial charge in [0.05, 0.1) is 23.5 Å². The molecule has 0 aromatic heterocycles. The fourth-order valence-corrected chi connectivity index (χ4v) is 1.90. The first-order valence-electron chi connectivity index (χ1n) is 5.82. The summed E-state index contributed by atoms with van der Waals surface area (Å²) in [6, 6.07) is 12.7. The number of halogens is 1. The van der Waals surface area contributed by atoms with Crippen LogP contribution in [-0.4, -0.2) is 12.9 Å². The molecule has 0 aliphatic rings. The Morgan fingerprint density at radius 2 is 1.89 bits per heavy atom. The average Bonchev–Trinajstić information content (AvgIpc) is 2.41. The van der Waals surface area contributed by atoms with Crippen molar-refractivity contribution in [3.63, 3.8) is 0 Å². The van der Waals surface area contributed by atoms with Gasteiger partial charge in [-0.15, -0.1) is 0 Å². The predicted octanol–water partition coefficient (Wildman–Crippen LogP) is 4.29. The van der Waals surface area contributed by atoms with E-state index in [1.165, 1.54) is 6.92 Å². The van der Waals surface area contributed by atoms with E-state index in [9.17, 15) is 4.79 Å². The minimum atomic E-state index is -0.000238. The molecule has 0 spiro atoms. The molecule has 0 amide bonds. The standard InChI is InChI=1S/C15H14ClNO2/c1-10(18)11-7-8-12(16)14(9-11)17-13-5-3-4-6-15(13)19-2/h3-9,17H,1-2H3. The average molecular weight is 276 g/mol. The summed E-state index contributed by atoms with van der Waals surface area (Å²) in [4.78, 5) is 11.4. The van der Waals surface area contributed by atoms with Crippen LogP contribution in [0.5, 0.6) is 5.75 Å². The summed E-state index contributed by atoms with van der Waals surface area (Å²) in [7, 11) is 1.61. The third-order valence-corrected chi connectivity index (χ3v) is 3.08. The maximum absolute atomic E-state index is 11.4. The van der Waals surface area contributed by atoms with Crippen LogP contribution in [-0.2, 0) is 0 Å². The van der Waals surface area contributed by atoms with Crippen molar-refractivity contribution in [3.8, 4) is 5.75 Å². The zero-order valence-corrected chi connectivity index (χ0v) is 11.5. The monoisotopic (exact) mass is 275 g/mol. The highest BCUT2D eigenvalue weighted by atomic mass is 35.5. The second-order valence-electron chi connectivity index (χ2n) is 4.08. The van der Waals surface area contributed by atoms with Crippen molar-refractivity contribution in [2.45, 2.75) is 6.92 Å². The SMILES string of the molecule is COc1ccccc1Nc1cc(C(C)=O)ccc1Cl. The summed E-state index contributed by atoms with van der Waals surface area (Å²) in [6.45, 7) is 1.52. The minimum Gasteiger partial charge on any atom is -0.495 e. The van der Waals surface area contributed by atoms with Crippen molar-refractivity contribution in [1.82, 2.24) is 0 Å². The number of nitrogens with one attached hydrogen (secondary N) is 1. The second kappa shape index (κ2) is 5.76. The fraction of sp³-hybridized carbons (Fsp3) is 0.133. The highest BCUT2D eigenvalue weighted by molar-refractivity contribution is 6.33. The first-order valence-corrected chi connectivity index (χ1v) is 6.20. The molecular weight excluding hydrogens is 262 g/mol. The van der Waals surface area contributed by atoms with Crippen molar-refractivity contribution in [3.05, 3.63) is 53.1 Å². The third-order valence-electron chi connectivity index (χ3n) is 2.75. The van der Waals surface area contributed by atoms with Crippen molar-refractivity contribution in [2.75, 3.05) is 12.4 Å². The largest absolute Gasteiger partial charge is 0.495 e. The zero-order valence-electron chi connectivity index (χ0n) is 10.7. The lowest BCUT2D eigenvalue weighted by Crippen LogP contribution is -1.98. The molecular formula is C15H14ClNO2. The van der Waals surface area contributed by atoms with Gasteiger partial charge in [0.1, 0.15) is 5.75 Å². The Labute approximate surface area is 117 Å². The molecule has 2 aromatic rings. The van der Waals surface area contributed by atoms with Crippen LogP contribution < -0.4 is 10.1 Å². The van der Waals surface area contributed by atoms with Crippen LogP contribution in [0.3, 0.4) is 0 Å². The number of hydrogen-bond acceptors (Lipinski definition) is 3. The first kappa shape index (κ1) is 13.4. The van der Waals surface area contributed by atoms with E-state index in [4.69, 9.17) is 16.3 Å². The molecule has 0 radical (unpaired) electrons. The number of carbonyl (C=O) groups excluding carboxylic acids is 1. The Balaban J connectivity index is 2.37. The van der Waals surface area contributed by atoms with E-state index in [1.807, 2.05) is 24.3 Å². The fourth-order valence-electron chi connectivity index (χ4n) is 1.73. The molecule has 19 heavy (non-hydrogen) atoms. The van der Waals surface area contributed by atoms with E-state index in [0.717, 1.165) is 5.69 Å². The van der Waals surface area contributed by atoms with Crippen molar-refractivity contribution < 1.29 is 9.53 Å². The van der Waals surface area contributed by atoms with Gasteiger partial charge in [0.15, 0.2) is 5.78 Å². The second-order valence-corrected chi connectivity index (χ2v) is 4.48. The topological polar surface area (TPSA) is 38.3 Å². The van der Waals surface area contributed by atoms with Gasteiger partial charge in [-0.2, -0.15) is 0 Å². The van der Waals surface area contributed by atoms with Gasteiger partial charge < -0.3 is 10.1 Å². The molecule has 3 nitrogen and oxygen atoms in total. The highest BCUT2D eigenvalue weighted by Crippen LogP contribution is 2.31. The maximum atomic E-state index is 11.4. The number of ketones is 1. The van der Waals surface area contributed by atoms with E-state index in [1.54, 1.807) is 25.3 Å². The zero-order chi connectivity index (χ0) is 13.8. The third kappa shape index (κ3) is 3.06. The molecule has 0 unspecified atom stereocenters. The molecule has 0 bridgehead atoms. The molecule has 2 rings (SSSR count). The van der Waals surface area contributed by atoms with Gasteiger partial charge in [0.25, 0.3) is 0 Å². The van der Waals surface area contributed by atoms with Gasteiger partial charge in [-0.25, -0.2) is 0 Å². The van der Waals surface area contributed by atoms with Crippen LogP contribution in [0.15, 0.2) is 42.5 Å². The van der Waals surface area contributed by atoms with Crippen LogP contribution in [0.2, 0.25) is 5.02 Å². The molecule has 0 fully saturated rings. The van der Waals surface area contributed by atoms with Gasteiger partial charge in [0, 0.05) is 5.56 Å². The Kier molecular flexibility index (Phi) is 4.07. The molecule has 0 atom stereocenters. The van der Waals surface area contributed by atoms with Gasteiger partial charge in [-0.3, -0.25) is 4.79 Å². The summed E-state index contributed by atoms with van der Waals surface area (Å²) < 4.78 is 5.26. The smallest absolute Gasteiger partial charge is 0.159 e. The molecule has 0 saturated heterocycles. The number of anilines is 2. The first-order chi connectivity index (χ1) is 9.11. The molecule has 0 aliphatic carbocycles. The maximum Gasteiger partial charge on any atom is 0.159 e. The number of ether oxygens (including phenoxy) is 1. The lowest BCUT2D eigenvalue weighted by atomic mass is 10.1. The van der Waals surface area contributed by atoms with Crippen LogP contribution >= 0.6 is 11.6 Å². The summed E-state index contributed by atoms with van der Waals surface area (Å²) in [5.74, 6) is 0.714. The molecule has 0 saturated carbocycles. The van der Waals surface area contributed by atoms with Gasteiger partial charge in [-0.05, 0) is 37.3 Å². The van der Waals surface area contributed by atoms with Crippen LogP contribution in [0.4, 0.5) is 11.4 Å². The summed E-state index contributed by atoms with van der Waals surface area (Å²) in [5, 5.41) is 3.73. The molecule has 2 aromatic carbocycles. The van der Waals surface area contributed by atoms with Gasteiger partial charge >= 0.3 is 0 Å². The number of methoxy groups -OCH3 is 1. The van der Waals surface area contributed by atoms with E-state index in [0.29, 0.717) is 22.0 Å². The van der Waals surface area contributed by atoms with Gasteiger partial charge in [0.2, 0.25) is 0 Å². The number of para-hydroxylation sites is 2. The normalized spacial score (nSPS) is 10.1. The van der Waals surface area contributed by atoms with Crippen LogP contribution in [0.1, 0.15) is 17.3 Å². The molecule has 0 heterocycles. The summed E-state index contributed by atoms with van der Waals surface area (Å²) in [5.41, 5.74) is 2.09. The lowest BCUT2D eigenvalue weighted by molar-refractivity contribution is 0.101. The molecule has 98 valence electrons. The predicted molar refractivity (Wildman–Crippen MR) is 77.7 cm³/mol. The van der Waals surface area contributed by atoms with Crippen LogP contribution in [0.25, 0.3) is 0 Å². The van der Waals surface area contributed by atoms with Crippen molar-refractivity contribution in [2.24, 2.45) is 0 Å². The number of hydrogen-bond donors (Lipinski definition) is 1. The summed E-state index contributed by atoms with van der Waals surface area (Å²) in [6.07, 6.45) is 0. The number of rotatable bonds is 4. The van der Waals surface area contributed by atoms with Crippen molar-refractivity contribution in [1.29, 1.82) is 0 Å². The number of Topliss-reactive ketones (excluding diaryl/α,β-unsaturated/α-hetero) is 1. The Morgan fingerprint density at radius 3 is 2.58 bits per heavy atom. The van der Waals surface area contributed by atoms with E-state index in [2.05, 4.69) is 5.32 Å². The molecule has 4 heteroatoms. The summed E-state index contributed by atoms with van der Waals surface area (Å²) >= 11 is 6.13. The van der Waals surface area contributed by atoms with Crippen molar-refractivity contribution >= 4 is 28.8 Å².